The molecule has 5 nitrogen and oxygen atoms in total. The second-order valence-electron chi connectivity index (χ2n) is 4.77. The largest absolute Gasteiger partial charge is 0.456 e. The predicted molar refractivity (Wildman–Crippen MR) is 74.6 cm³/mol. The third-order valence-corrected chi connectivity index (χ3v) is 3.03. The molecule has 2 rings (SSSR count). The number of aldehydes is 1. The molecule has 0 bridgehead atoms. The van der Waals surface area contributed by atoms with Crippen molar-refractivity contribution in [1.82, 2.24) is 0 Å². The van der Waals surface area contributed by atoms with Crippen LogP contribution < -0.4 is 5.32 Å². The Hall–Kier alpha value is -2.14. The molecule has 5 heteroatoms. The zero-order chi connectivity index (χ0) is 14.5. The molecule has 0 aliphatic carbocycles. The lowest BCUT2D eigenvalue weighted by atomic mass is 10.1. The molecule has 2 N–H and O–H groups in total. The van der Waals surface area contributed by atoms with Crippen LogP contribution in [0.1, 0.15) is 23.7 Å². The standard InChI is InChI=1S/C15H17NO4/c1-10(18)2-7-14-13(8-15(19)20-14)16-12-5-3-11(9-17)4-6-12/h2-7,9-10,13-14,16,18H,8H2,1H3/t10-,13+,14+/m1/s1. The van der Waals surface area contributed by atoms with Crippen LogP contribution >= 0.6 is 0 Å². The smallest absolute Gasteiger partial charge is 0.308 e. The number of hydrogen-bond donors (Lipinski definition) is 2. The fourth-order valence-electron chi connectivity index (χ4n) is 2.03. The summed E-state index contributed by atoms with van der Waals surface area (Å²) >= 11 is 0. The number of carbonyl (C=O) groups is 2. The molecule has 0 amide bonds. The number of benzene rings is 1. The highest BCUT2D eigenvalue weighted by Gasteiger charge is 2.32. The van der Waals surface area contributed by atoms with Gasteiger partial charge in [0, 0.05) is 11.3 Å². The monoisotopic (exact) mass is 275 g/mol. The summed E-state index contributed by atoms with van der Waals surface area (Å²) in [5.41, 5.74) is 1.41. The minimum absolute atomic E-state index is 0.181. The molecular weight excluding hydrogens is 258 g/mol. The van der Waals surface area contributed by atoms with Gasteiger partial charge in [-0.2, -0.15) is 0 Å². The average Bonchev–Trinajstić information content (AvgIpc) is 2.77. The van der Waals surface area contributed by atoms with E-state index in [0.717, 1.165) is 12.0 Å². The first kappa shape index (κ1) is 14.3. The van der Waals surface area contributed by atoms with Gasteiger partial charge in [-0.05, 0) is 37.3 Å². The minimum Gasteiger partial charge on any atom is -0.456 e. The molecule has 3 atom stereocenters. The number of aliphatic hydroxyl groups is 1. The van der Waals surface area contributed by atoms with Crippen LogP contribution in [-0.2, 0) is 9.53 Å². The first-order valence-electron chi connectivity index (χ1n) is 6.46. The first-order chi connectivity index (χ1) is 9.58. The molecule has 1 heterocycles. The first-order valence-corrected chi connectivity index (χ1v) is 6.46. The number of cyclic esters (lactones) is 1. The fourth-order valence-corrected chi connectivity index (χ4v) is 2.03. The Kier molecular flexibility index (Phi) is 4.53. The Labute approximate surface area is 117 Å². The van der Waals surface area contributed by atoms with Crippen LogP contribution in [0.5, 0.6) is 0 Å². The number of ether oxygens (including phenoxy) is 1. The van der Waals surface area contributed by atoms with E-state index in [-0.39, 0.29) is 18.4 Å². The summed E-state index contributed by atoms with van der Waals surface area (Å²) in [6, 6.07) is 6.78. The third-order valence-electron chi connectivity index (χ3n) is 3.03. The normalized spacial score (nSPS) is 23.6. The van der Waals surface area contributed by atoms with Crippen LogP contribution in [0.2, 0.25) is 0 Å². The van der Waals surface area contributed by atoms with Gasteiger partial charge in [-0.25, -0.2) is 0 Å². The van der Waals surface area contributed by atoms with Gasteiger partial charge in [0.15, 0.2) is 0 Å². The second kappa shape index (κ2) is 6.34. The van der Waals surface area contributed by atoms with Crippen molar-refractivity contribution in [3.8, 4) is 0 Å². The summed E-state index contributed by atoms with van der Waals surface area (Å²) in [6.07, 6.45) is 3.34. The highest BCUT2D eigenvalue weighted by atomic mass is 16.6. The van der Waals surface area contributed by atoms with Crippen LogP contribution in [0.15, 0.2) is 36.4 Å². The van der Waals surface area contributed by atoms with E-state index in [4.69, 9.17) is 4.74 Å². The summed E-state index contributed by atoms with van der Waals surface area (Å²) in [6.45, 7) is 1.63. The summed E-state index contributed by atoms with van der Waals surface area (Å²) in [5.74, 6) is -0.271. The van der Waals surface area contributed by atoms with Gasteiger partial charge in [-0.15, -0.1) is 0 Å². The van der Waals surface area contributed by atoms with Crippen molar-refractivity contribution >= 4 is 17.9 Å². The highest BCUT2D eigenvalue weighted by molar-refractivity contribution is 5.76. The van der Waals surface area contributed by atoms with Gasteiger partial charge in [-0.1, -0.05) is 6.08 Å². The number of aliphatic hydroxyl groups excluding tert-OH is 1. The highest BCUT2D eigenvalue weighted by Crippen LogP contribution is 2.21. The summed E-state index contributed by atoms with van der Waals surface area (Å²) in [4.78, 5) is 22.0. The van der Waals surface area contributed by atoms with Crippen LogP contribution in [-0.4, -0.2) is 35.6 Å². The van der Waals surface area contributed by atoms with Gasteiger partial charge in [0.2, 0.25) is 0 Å². The molecule has 1 fully saturated rings. The van der Waals surface area contributed by atoms with E-state index in [2.05, 4.69) is 5.32 Å². The lowest BCUT2D eigenvalue weighted by Crippen LogP contribution is -2.27. The zero-order valence-electron chi connectivity index (χ0n) is 11.2. The zero-order valence-corrected chi connectivity index (χ0v) is 11.2. The molecule has 20 heavy (non-hydrogen) atoms. The molecule has 0 aromatic heterocycles. The number of rotatable bonds is 5. The van der Waals surface area contributed by atoms with E-state index >= 15 is 0 Å². The lowest BCUT2D eigenvalue weighted by Gasteiger charge is -2.17. The van der Waals surface area contributed by atoms with E-state index in [1.165, 1.54) is 0 Å². The van der Waals surface area contributed by atoms with E-state index in [1.807, 2.05) is 0 Å². The summed E-state index contributed by atoms with van der Waals surface area (Å²) < 4.78 is 5.19. The van der Waals surface area contributed by atoms with Crippen molar-refractivity contribution < 1.29 is 19.4 Å². The Morgan fingerprint density at radius 1 is 1.40 bits per heavy atom. The SMILES string of the molecule is C[C@@H](O)C=C[C@@H]1OC(=O)C[C@@H]1Nc1ccc(C=O)cc1. The van der Waals surface area contributed by atoms with Crippen molar-refractivity contribution in [2.45, 2.75) is 31.6 Å². The third kappa shape index (κ3) is 3.68. The van der Waals surface area contributed by atoms with Gasteiger partial charge >= 0.3 is 5.97 Å². The van der Waals surface area contributed by atoms with Crippen molar-refractivity contribution in [1.29, 1.82) is 0 Å². The van der Waals surface area contributed by atoms with Crippen molar-refractivity contribution in [2.24, 2.45) is 0 Å². The minimum atomic E-state index is -0.582. The van der Waals surface area contributed by atoms with Gasteiger partial charge in [-0.3, -0.25) is 9.59 Å². The lowest BCUT2D eigenvalue weighted by molar-refractivity contribution is -0.140. The van der Waals surface area contributed by atoms with Gasteiger partial charge in [0.05, 0.1) is 18.6 Å². The van der Waals surface area contributed by atoms with Crippen LogP contribution in [0.3, 0.4) is 0 Å². The Bertz CT molecular complexity index is 507. The molecule has 1 aromatic rings. The number of carbonyl (C=O) groups excluding carboxylic acids is 2. The Morgan fingerprint density at radius 3 is 2.70 bits per heavy atom. The van der Waals surface area contributed by atoms with Crippen molar-refractivity contribution in [2.75, 3.05) is 5.32 Å². The quantitative estimate of drug-likeness (QED) is 0.484. The maximum absolute atomic E-state index is 11.4. The molecule has 1 saturated heterocycles. The molecule has 106 valence electrons. The van der Waals surface area contributed by atoms with E-state index in [9.17, 15) is 14.7 Å². The van der Waals surface area contributed by atoms with Crippen LogP contribution in [0.25, 0.3) is 0 Å². The molecule has 0 spiro atoms. The Morgan fingerprint density at radius 2 is 2.10 bits per heavy atom. The van der Waals surface area contributed by atoms with Crippen LogP contribution in [0, 0.1) is 0 Å². The van der Waals surface area contributed by atoms with Crippen molar-refractivity contribution in [3.63, 3.8) is 0 Å². The summed E-state index contributed by atoms with van der Waals surface area (Å²) in [7, 11) is 0. The Balaban J connectivity index is 2.05. The number of anilines is 1. The average molecular weight is 275 g/mol. The molecule has 0 unspecified atom stereocenters. The van der Waals surface area contributed by atoms with E-state index < -0.39 is 12.2 Å². The fraction of sp³-hybridized carbons (Fsp3) is 0.333. The number of esters is 1. The maximum Gasteiger partial charge on any atom is 0.308 e. The number of nitrogens with one attached hydrogen (secondary N) is 1. The van der Waals surface area contributed by atoms with Gasteiger partial charge in [0.25, 0.3) is 0 Å². The van der Waals surface area contributed by atoms with Gasteiger partial charge < -0.3 is 15.2 Å². The number of hydrogen-bond acceptors (Lipinski definition) is 5. The molecule has 0 radical (unpaired) electrons. The molecule has 1 aliphatic heterocycles. The summed E-state index contributed by atoms with van der Waals surface area (Å²) in [5, 5.41) is 12.4. The molecular formula is C15H17NO4. The molecule has 0 saturated carbocycles. The van der Waals surface area contributed by atoms with Crippen molar-refractivity contribution in [3.05, 3.63) is 42.0 Å². The van der Waals surface area contributed by atoms with Crippen LogP contribution in [0.4, 0.5) is 5.69 Å². The van der Waals surface area contributed by atoms with E-state index in [1.54, 1.807) is 43.3 Å². The van der Waals surface area contributed by atoms with Gasteiger partial charge in [0.1, 0.15) is 12.4 Å². The molecule has 1 aromatic carbocycles. The molecule has 1 aliphatic rings. The predicted octanol–water partition coefficient (Wildman–Crippen LogP) is 1.53. The topological polar surface area (TPSA) is 75.6 Å². The van der Waals surface area contributed by atoms with E-state index in [0.29, 0.717) is 5.56 Å². The second-order valence-corrected chi connectivity index (χ2v) is 4.77. The maximum atomic E-state index is 11.4.